The number of benzene rings is 1. The Morgan fingerprint density at radius 1 is 1.15 bits per heavy atom. The van der Waals surface area contributed by atoms with Crippen LogP contribution in [0.25, 0.3) is 0 Å². The van der Waals surface area contributed by atoms with Crippen LogP contribution in [0.4, 0.5) is 5.13 Å². The Kier molecular flexibility index (Phi) is 7.24. The number of aromatic nitrogens is 2. The van der Waals surface area contributed by atoms with Crippen molar-refractivity contribution >= 4 is 32.4 Å². The minimum absolute atomic E-state index is 0.0383. The minimum atomic E-state index is -3.54. The number of hydrogen-bond donors (Lipinski definition) is 2. The summed E-state index contributed by atoms with van der Waals surface area (Å²) in [7, 11) is -3.54. The third-order valence-corrected chi connectivity index (χ3v) is 6.39. The monoisotopic (exact) mass is 396 g/mol. The second-order valence-corrected chi connectivity index (χ2v) is 8.79. The van der Waals surface area contributed by atoms with Crippen LogP contribution in [-0.4, -0.2) is 31.1 Å². The molecule has 142 valence electrons. The van der Waals surface area contributed by atoms with E-state index in [4.69, 9.17) is 0 Å². The van der Waals surface area contributed by atoms with E-state index in [1.807, 2.05) is 20.8 Å². The van der Waals surface area contributed by atoms with E-state index in [2.05, 4.69) is 20.2 Å². The number of hydrogen-bond acceptors (Lipinski definition) is 6. The molecule has 0 bridgehead atoms. The maximum absolute atomic E-state index is 12.2. The molecule has 1 aromatic heterocycles. The molecule has 0 aliphatic rings. The van der Waals surface area contributed by atoms with E-state index in [1.54, 1.807) is 24.3 Å². The van der Waals surface area contributed by atoms with Gasteiger partial charge in [-0.05, 0) is 31.9 Å². The maximum Gasteiger partial charge on any atom is 0.240 e. The van der Waals surface area contributed by atoms with Crippen molar-refractivity contribution in [2.24, 2.45) is 5.92 Å². The molecule has 1 heterocycles. The molecule has 0 radical (unpaired) electrons. The average molecular weight is 397 g/mol. The van der Waals surface area contributed by atoms with Gasteiger partial charge in [-0.3, -0.25) is 4.79 Å². The van der Waals surface area contributed by atoms with E-state index in [0.29, 0.717) is 16.6 Å². The van der Waals surface area contributed by atoms with Crippen molar-refractivity contribution in [3.63, 3.8) is 0 Å². The largest absolute Gasteiger partial charge is 0.300 e. The predicted molar refractivity (Wildman–Crippen MR) is 103 cm³/mol. The summed E-state index contributed by atoms with van der Waals surface area (Å²) in [6.07, 6.45) is 1.95. The first kappa shape index (κ1) is 20.5. The quantitative estimate of drug-likeness (QED) is 0.679. The fraction of sp³-hybridized carbons (Fsp3) is 0.471. The van der Waals surface area contributed by atoms with Gasteiger partial charge in [0.1, 0.15) is 5.01 Å². The average Bonchev–Trinajstić information content (AvgIpc) is 3.03. The minimum Gasteiger partial charge on any atom is -0.300 e. The van der Waals surface area contributed by atoms with Crippen molar-refractivity contribution in [3.05, 3.63) is 34.8 Å². The zero-order chi connectivity index (χ0) is 19.2. The number of carbonyl (C=O) groups excluding carboxylic acids is 1. The second-order valence-electron chi connectivity index (χ2n) is 5.96. The van der Waals surface area contributed by atoms with Crippen molar-refractivity contribution < 1.29 is 13.2 Å². The fourth-order valence-electron chi connectivity index (χ4n) is 2.37. The van der Waals surface area contributed by atoms with Gasteiger partial charge < -0.3 is 5.32 Å². The van der Waals surface area contributed by atoms with Gasteiger partial charge in [0.15, 0.2) is 0 Å². The third-order valence-electron chi connectivity index (χ3n) is 4.02. The van der Waals surface area contributed by atoms with Gasteiger partial charge >= 0.3 is 0 Å². The van der Waals surface area contributed by atoms with Gasteiger partial charge in [0, 0.05) is 18.9 Å². The van der Waals surface area contributed by atoms with Gasteiger partial charge in [0.2, 0.25) is 21.1 Å². The SMILES string of the molecule is CCC(CC)C(=O)Nc1nnc(CCNS(=O)(=O)c2ccc(C)cc2)s1. The van der Waals surface area contributed by atoms with E-state index in [9.17, 15) is 13.2 Å². The third kappa shape index (κ3) is 5.58. The zero-order valence-corrected chi connectivity index (χ0v) is 16.8. The first-order chi connectivity index (χ1) is 12.4. The lowest BCUT2D eigenvalue weighted by Gasteiger charge is -2.10. The van der Waals surface area contributed by atoms with E-state index >= 15 is 0 Å². The van der Waals surface area contributed by atoms with Crippen LogP contribution < -0.4 is 10.0 Å². The lowest BCUT2D eigenvalue weighted by Crippen LogP contribution is -2.25. The molecule has 0 spiro atoms. The smallest absolute Gasteiger partial charge is 0.240 e. The molecule has 1 amide bonds. The summed E-state index contributed by atoms with van der Waals surface area (Å²) in [5.41, 5.74) is 1.00. The van der Waals surface area contributed by atoms with Crippen LogP contribution in [-0.2, 0) is 21.2 Å². The molecule has 0 aliphatic carbocycles. The lowest BCUT2D eigenvalue weighted by atomic mass is 10.0. The summed E-state index contributed by atoms with van der Waals surface area (Å²) in [6, 6.07) is 6.67. The van der Waals surface area contributed by atoms with Crippen LogP contribution >= 0.6 is 11.3 Å². The molecule has 2 aromatic rings. The molecule has 0 saturated carbocycles. The van der Waals surface area contributed by atoms with Gasteiger partial charge in [-0.2, -0.15) is 0 Å². The molecule has 7 nitrogen and oxygen atoms in total. The number of nitrogens with zero attached hydrogens (tertiary/aromatic N) is 2. The van der Waals surface area contributed by atoms with Crippen LogP contribution in [0.1, 0.15) is 37.3 Å². The topological polar surface area (TPSA) is 101 Å². The highest BCUT2D eigenvalue weighted by molar-refractivity contribution is 7.89. The Morgan fingerprint density at radius 2 is 1.81 bits per heavy atom. The summed E-state index contributed by atoms with van der Waals surface area (Å²) < 4.78 is 27.0. The van der Waals surface area contributed by atoms with Gasteiger partial charge in [-0.15, -0.1) is 10.2 Å². The Balaban J connectivity index is 1.88. The molecule has 0 aliphatic heterocycles. The standard InChI is InChI=1S/C17H24N4O3S2/c1-4-13(5-2)16(22)19-17-21-20-15(25-17)10-11-18-26(23,24)14-8-6-12(3)7-9-14/h6-9,13,18H,4-5,10-11H2,1-3H3,(H,19,21,22). The molecule has 2 N–H and O–H groups in total. The summed E-state index contributed by atoms with van der Waals surface area (Å²) in [5.74, 6) is -0.0959. The Labute approximate surface area is 158 Å². The molecule has 26 heavy (non-hydrogen) atoms. The Bertz CT molecular complexity index is 828. The van der Waals surface area contributed by atoms with Crippen molar-refractivity contribution in [1.29, 1.82) is 0 Å². The molecule has 2 rings (SSSR count). The van der Waals surface area contributed by atoms with Crippen LogP contribution in [0.3, 0.4) is 0 Å². The molecule has 0 fully saturated rings. The fourth-order valence-corrected chi connectivity index (χ4v) is 4.14. The summed E-state index contributed by atoms with van der Waals surface area (Å²) in [6.45, 7) is 6.06. The molecular weight excluding hydrogens is 372 g/mol. The second kappa shape index (κ2) is 9.20. The van der Waals surface area contributed by atoms with Gasteiger partial charge in [0.25, 0.3) is 0 Å². The van der Waals surface area contributed by atoms with Crippen molar-refractivity contribution in [3.8, 4) is 0 Å². The maximum atomic E-state index is 12.2. The summed E-state index contributed by atoms with van der Waals surface area (Å²) in [4.78, 5) is 12.3. The number of amides is 1. The van der Waals surface area contributed by atoms with Crippen LogP contribution in [0.15, 0.2) is 29.2 Å². The molecule has 0 atom stereocenters. The van der Waals surface area contributed by atoms with Crippen LogP contribution in [0.5, 0.6) is 0 Å². The highest BCUT2D eigenvalue weighted by atomic mass is 32.2. The number of nitrogens with one attached hydrogen (secondary N) is 2. The predicted octanol–water partition coefficient (Wildman–Crippen LogP) is 2.74. The van der Waals surface area contributed by atoms with Gasteiger partial charge in [-0.1, -0.05) is 42.9 Å². The summed E-state index contributed by atoms with van der Waals surface area (Å²) in [5, 5.41) is 11.8. The molecule has 1 aromatic carbocycles. The number of rotatable bonds is 9. The zero-order valence-electron chi connectivity index (χ0n) is 15.2. The number of sulfonamides is 1. The Hall–Kier alpha value is -1.84. The molecular formula is C17H24N4O3S2. The molecule has 0 unspecified atom stereocenters. The van der Waals surface area contributed by atoms with Gasteiger partial charge in [-0.25, -0.2) is 13.1 Å². The number of aryl methyl sites for hydroxylation is 1. The van der Waals surface area contributed by atoms with Crippen LogP contribution in [0.2, 0.25) is 0 Å². The van der Waals surface area contributed by atoms with Crippen molar-refractivity contribution in [1.82, 2.24) is 14.9 Å². The highest BCUT2D eigenvalue weighted by Crippen LogP contribution is 2.18. The van der Waals surface area contributed by atoms with E-state index in [1.165, 1.54) is 11.3 Å². The number of carbonyl (C=O) groups is 1. The lowest BCUT2D eigenvalue weighted by molar-refractivity contribution is -0.120. The van der Waals surface area contributed by atoms with Crippen molar-refractivity contribution in [2.75, 3.05) is 11.9 Å². The Morgan fingerprint density at radius 3 is 2.42 bits per heavy atom. The first-order valence-electron chi connectivity index (χ1n) is 8.55. The van der Waals surface area contributed by atoms with E-state index in [-0.39, 0.29) is 23.3 Å². The van der Waals surface area contributed by atoms with Gasteiger partial charge in [0.05, 0.1) is 4.90 Å². The van der Waals surface area contributed by atoms with Crippen molar-refractivity contribution in [2.45, 2.75) is 44.9 Å². The van der Waals surface area contributed by atoms with E-state index in [0.717, 1.165) is 18.4 Å². The molecule has 0 saturated heterocycles. The normalized spacial score (nSPS) is 11.7. The van der Waals surface area contributed by atoms with Crippen LogP contribution in [0, 0.1) is 12.8 Å². The highest BCUT2D eigenvalue weighted by Gasteiger charge is 2.17. The number of anilines is 1. The first-order valence-corrected chi connectivity index (χ1v) is 10.8. The summed E-state index contributed by atoms with van der Waals surface area (Å²) >= 11 is 1.26. The molecule has 9 heteroatoms. The van der Waals surface area contributed by atoms with E-state index < -0.39 is 10.0 Å².